The van der Waals surface area contributed by atoms with Crippen molar-refractivity contribution in [1.29, 1.82) is 0 Å². The topological polar surface area (TPSA) is 50.4 Å². The van der Waals surface area contributed by atoms with E-state index in [1.807, 2.05) is 18.2 Å². The summed E-state index contributed by atoms with van der Waals surface area (Å²) in [7, 11) is 0. The van der Waals surface area contributed by atoms with Crippen molar-refractivity contribution < 1.29 is 9.53 Å². The van der Waals surface area contributed by atoms with Crippen molar-refractivity contribution in [3.8, 4) is 0 Å². The van der Waals surface area contributed by atoms with Crippen LogP contribution in [0.5, 0.6) is 0 Å². The summed E-state index contributed by atoms with van der Waals surface area (Å²) in [4.78, 5) is 12.4. The van der Waals surface area contributed by atoms with Gasteiger partial charge in [0.15, 0.2) is 0 Å². The first-order valence-corrected chi connectivity index (χ1v) is 8.09. The predicted molar refractivity (Wildman–Crippen MR) is 95.9 cm³/mol. The Morgan fingerprint density at radius 3 is 2.61 bits per heavy atom. The number of hydrogen-bond acceptors (Lipinski definition) is 3. The van der Waals surface area contributed by atoms with Crippen LogP contribution in [0, 0.1) is 5.41 Å². The average Bonchev–Trinajstić information content (AvgIpc) is 2.47. The molecule has 1 amide bonds. The largest absolute Gasteiger partial charge is 0.378 e. The fourth-order valence-corrected chi connectivity index (χ4v) is 2.78. The third-order valence-corrected chi connectivity index (χ3v) is 3.78. The molecule has 1 aromatic rings. The molecule has 0 bridgehead atoms. The summed E-state index contributed by atoms with van der Waals surface area (Å²) in [5, 5.41) is 6.53. The highest BCUT2D eigenvalue weighted by molar-refractivity contribution is 5.85. The molecule has 1 aliphatic rings. The summed E-state index contributed by atoms with van der Waals surface area (Å²) in [6.45, 7) is 8.77. The maximum Gasteiger partial charge on any atom is 0.222 e. The second-order valence-electron chi connectivity index (χ2n) is 7.23. The van der Waals surface area contributed by atoms with Crippen molar-refractivity contribution in [3.63, 3.8) is 0 Å². The summed E-state index contributed by atoms with van der Waals surface area (Å²) in [6, 6.07) is 10.4. The lowest BCUT2D eigenvalue weighted by molar-refractivity contribution is -0.123. The highest BCUT2D eigenvalue weighted by atomic mass is 35.5. The Bertz CT molecular complexity index is 468. The summed E-state index contributed by atoms with van der Waals surface area (Å²) in [5.41, 5.74) is 1.32. The Kier molecular flexibility index (Phi) is 8.03. The van der Waals surface area contributed by atoms with Crippen LogP contribution in [0.15, 0.2) is 30.3 Å². The van der Waals surface area contributed by atoms with Gasteiger partial charge in [-0.3, -0.25) is 4.79 Å². The van der Waals surface area contributed by atoms with Gasteiger partial charge in [-0.15, -0.1) is 12.4 Å². The van der Waals surface area contributed by atoms with Gasteiger partial charge in [0.2, 0.25) is 5.91 Å². The molecule has 2 N–H and O–H groups in total. The molecule has 1 aromatic carbocycles. The van der Waals surface area contributed by atoms with E-state index in [4.69, 9.17) is 4.74 Å². The van der Waals surface area contributed by atoms with Crippen LogP contribution in [0.1, 0.15) is 45.2 Å². The third kappa shape index (κ3) is 7.34. The van der Waals surface area contributed by atoms with Crippen LogP contribution < -0.4 is 10.6 Å². The van der Waals surface area contributed by atoms with Gasteiger partial charge in [-0.2, -0.15) is 0 Å². The molecule has 1 saturated heterocycles. The van der Waals surface area contributed by atoms with E-state index in [2.05, 4.69) is 43.5 Å². The molecule has 0 saturated carbocycles. The zero-order chi connectivity index (χ0) is 16.0. The van der Waals surface area contributed by atoms with Gasteiger partial charge in [0, 0.05) is 19.0 Å². The van der Waals surface area contributed by atoms with Crippen molar-refractivity contribution in [2.24, 2.45) is 5.41 Å². The number of amides is 1. The van der Waals surface area contributed by atoms with Gasteiger partial charge in [0.1, 0.15) is 0 Å². The first-order chi connectivity index (χ1) is 10.4. The van der Waals surface area contributed by atoms with Crippen molar-refractivity contribution in [3.05, 3.63) is 35.9 Å². The fraction of sp³-hybridized carbons (Fsp3) is 0.611. The lowest BCUT2D eigenvalue weighted by Gasteiger charge is -2.29. The van der Waals surface area contributed by atoms with Crippen LogP contribution >= 0.6 is 12.4 Å². The van der Waals surface area contributed by atoms with Crippen LogP contribution in [0.2, 0.25) is 0 Å². The molecule has 1 heterocycles. The Hall–Kier alpha value is -1.10. The molecule has 2 rings (SSSR count). The zero-order valence-corrected chi connectivity index (χ0v) is 15.1. The first-order valence-electron chi connectivity index (χ1n) is 8.09. The number of carbonyl (C=O) groups excluding carboxylic acids is 1. The van der Waals surface area contributed by atoms with Gasteiger partial charge in [-0.25, -0.2) is 0 Å². The van der Waals surface area contributed by atoms with Crippen LogP contribution in [0.25, 0.3) is 0 Å². The molecule has 5 heteroatoms. The van der Waals surface area contributed by atoms with Crippen LogP contribution in [-0.2, 0) is 9.53 Å². The molecule has 4 nitrogen and oxygen atoms in total. The van der Waals surface area contributed by atoms with E-state index >= 15 is 0 Å². The summed E-state index contributed by atoms with van der Waals surface area (Å²) in [5.74, 6) is 0.0844. The highest BCUT2D eigenvalue weighted by Crippen LogP contribution is 2.29. The van der Waals surface area contributed by atoms with Gasteiger partial charge in [-0.05, 0) is 17.4 Å². The lowest BCUT2D eigenvalue weighted by Crippen LogP contribution is -2.44. The molecule has 0 radical (unpaired) electrons. The predicted octanol–water partition coefficient (Wildman–Crippen LogP) is 3.08. The number of ether oxygens (including phenoxy) is 1. The Morgan fingerprint density at radius 1 is 1.35 bits per heavy atom. The molecule has 0 aromatic heterocycles. The zero-order valence-electron chi connectivity index (χ0n) is 14.3. The van der Waals surface area contributed by atoms with Crippen LogP contribution in [0.4, 0.5) is 0 Å². The van der Waals surface area contributed by atoms with Gasteiger partial charge >= 0.3 is 0 Å². The van der Waals surface area contributed by atoms with Gasteiger partial charge in [0.25, 0.3) is 0 Å². The molecular weight excluding hydrogens is 312 g/mol. The summed E-state index contributed by atoms with van der Waals surface area (Å²) >= 11 is 0. The Morgan fingerprint density at radius 2 is 2.04 bits per heavy atom. The minimum atomic E-state index is 0. The number of hydrogen-bond donors (Lipinski definition) is 2. The Balaban J connectivity index is 0.00000264. The molecular formula is C18H29ClN2O2. The minimum Gasteiger partial charge on any atom is -0.378 e. The molecule has 23 heavy (non-hydrogen) atoms. The summed E-state index contributed by atoms with van der Waals surface area (Å²) < 4.78 is 5.41. The second kappa shape index (κ2) is 9.26. The number of halogens is 1. The molecule has 1 fully saturated rings. The fourth-order valence-electron chi connectivity index (χ4n) is 2.78. The molecule has 2 unspecified atom stereocenters. The third-order valence-electron chi connectivity index (χ3n) is 3.78. The number of nitrogens with one attached hydrogen (secondary N) is 2. The smallest absolute Gasteiger partial charge is 0.222 e. The molecule has 2 atom stereocenters. The molecule has 130 valence electrons. The molecule has 0 spiro atoms. The molecule has 1 aliphatic heterocycles. The number of morpholine rings is 1. The van der Waals surface area contributed by atoms with E-state index in [1.165, 1.54) is 5.56 Å². The monoisotopic (exact) mass is 340 g/mol. The summed E-state index contributed by atoms with van der Waals surface area (Å²) in [6.07, 6.45) is 1.38. The van der Waals surface area contributed by atoms with Crippen molar-refractivity contribution in [2.75, 3.05) is 19.8 Å². The van der Waals surface area contributed by atoms with E-state index in [0.717, 1.165) is 19.6 Å². The maximum absolute atomic E-state index is 12.4. The van der Waals surface area contributed by atoms with E-state index < -0.39 is 0 Å². The maximum atomic E-state index is 12.4. The van der Waals surface area contributed by atoms with Crippen molar-refractivity contribution in [2.45, 2.75) is 45.7 Å². The van der Waals surface area contributed by atoms with Crippen LogP contribution in [-0.4, -0.2) is 31.7 Å². The standard InChI is InChI=1S/C18H28N2O2.ClH/c1-18(2,3)12-16(14-7-5-4-6-8-14)20-17(21)11-15-13-22-10-9-19-15;/h4-8,15-16,19H,9-13H2,1-3H3,(H,20,21);1H. The number of carbonyl (C=O) groups is 1. The van der Waals surface area contributed by atoms with Crippen LogP contribution in [0.3, 0.4) is 0 Å². The lowest BCUT2D eigenvalue weighted by atomic mass is 9.85. The van der Waals surface area contributed by atoms with Crippen molar-refractivity contribution >= 4 is 18.3 Å². The van der Waals surface area contributed by atoms with E-state index in [1.54, 1.807) is 0 Å². The second-order valence-corrected chi connectivity index (χ2v) is 7.23. The molecule has 0 aliphatic carbocycles. The van der Waals surface area contributed by atoms with Gasteiger partial charge in [-0.1, -0.05) is 51.1 Å². The first kappa shape index (κ1) is 19.9. The SMILES string of the molecule is CC(C)(C)CC(NC(=O)CC1COCCN1)c1ccccc1.Cl. The quantitative estimate of drug-likeness (QED) is 0.866. The normalized spacial score (nSPS) is 19.5. The average molecular weight is 341 g/mol. The highest BCUT2D eigenvalue weighted by Gasteiger charge is 2.23. The van der Waals surface area contributed by atoms with E-state index in [9.17, 15) is 4.79 Å². The van der Waals surface area contributed by atoms with E-state index in [0.29, 0.717) is 13.0 Å². The van der Waals surface area contributed by atoms with Crippen molar-refractivity contribution in [1.82, 2.24) is 10.6 Å². The van der Waals surface area contributed by atoms with E-state index in [-0.39, 0.29) is 35.8 Å². The van der Waals surface area contributed by atoms with Gasteiger partial charge < -0.3 is 15.4 Å². The minimum absolute atomic E-state index is 0. The Labute approximate surface area is 145 Å². The van der Waals surface area contributed by atoms with Gasteiger partial charge in [0.05, 0.1) is 19.3 Å². The number of benzene rings is 1. The number of rotatable bonds is 5.